The highest BCUT2D eigenvalue weighted by Gasteiger charge is 2.11. The normalized spacial score (nSPS) is 10.5. The van der Waals surface area contributed by atoms with Crippen molar-refractivity contribution in [3.05, 3.63) is 71.0 Å². The van der Waals surface area contributed by atoms with Crippen LogP contribution in [0.1, 0.15) is 15.9 Å². The number of benzene rings is 2. The zero-order valence-electron chi connectivity index (χ0n) is 13.8. The Bertz CT molecular complexity index is 841. The van der Waals surface area contributed by atoms with Crippen LogP contribution in [0.4, 0.5) is 0 Å². The number of carbonyl (C=O) groups is 1. The minimum Gasteiger partial charge on any atom is -0.492 e. The van der Waals surface area contributed by atoms with Crippen molar-refractivity contribution < 1.29 is 9.53 Å². The maximum Gasteiger partial charge on any atom is 0.251 e. The smallest absolute Gasteiger partial charge is 0.251 e. The summed E-state index contributed by atoms with van der Waals surface area (Å²) in [5.74, 6) is 1.21. The molecule has 134 valence electrons. The molecule has 0 unspecified atom stereocenters. The first-order valence-corrected chi connectivity index (χ1v) is 9.31. The molecule has 0 radical (unpaired) electrons. The summed E-state index contributed by atoms with van der Waals surface area (Å²) in [6, 6.07) is 14.6. The summed E-state index contributed by atoms with van der Waals surface area (Å²) >= 11 is 7.33. The Kier molecular flexibility index (Phi) is 6.51. The summed E-state index contributed by atoms with van der Waals surface area (Å²) < 4.78 is 5.58. The SMILES string of the molecule is O=C(NCCOc1ccc(Cl)cc1)c1ccccc1CSc1ncn[nH]1. The van der Waals surface area contributed by atoms with Crippen molar-refractivity contribution in [2.75, 3.05) is 13.2 Å². The molecule has 0 fully saturated rings. The van der Waals surface area contributed by atoms with E-state index >= 15 is 0 Å². The standard InChI is InChI=1S/C18H17ClN4O2S/c19-14-5-7-15(8-6-14)25-10-9-20-17(24)16-4-2-1-3-13(16)11-26-18-21-12-22-23-18/h1-8,12H,9-11H2,(H,20,24)(H,21,22,23). The van der Waals surface area contributed by atoms with Gasteiger partial charge in [-0.2, -0.15) is 5.10 Å². The lowest BCUT2D eigenvalue weighted by atomic mass is 10.1. The van der Waals surface area contributed by atoms with Gasteiger partial charge in [0.25, 0.3) is 5.91 Å². The number of aromatic nitrogens is 3. The molecule has 26 heavy (non-hydrogen) atoms. The van der Waals surface area contributed by atoms with Crippen molar-refractivity contribution in [3.63, 3.8) is 0 Å². The maximum atomic E-state index is 12.5. The summed E-state index contributed by atoms with van der Waals surface area (Å²) in [5, 5.41) is 10.9. The van der Waals surface area contributed by atoms with Crippen molar-refractivity contribution in [1.29, 1.82) is 0 Å². The zero-order chi connectivity index (χ0) is 18.2. The number of hydrogen-bond acceptors (Lipinski definition) is 5. The Hall–Kier alpha value is -2.51. The molecular formula is C18H17ClN4O2S. The number of nitrogens with one attached hydrogen (secondary N) is 2. The van der Waals surface area contributed by atoms with Gasteiger partial charge in [0, 0.05) is 16.3 Å². The minimum absolute atomic E-state index is 0.126. The topological polar surface area (TPSA) is 79.9 Å². The lowest BCUT2D eigenvalue weighted by Crippen LogP contribution is -2.28. The number of H-pyrrole nitrogens is 1. The van der Waals surface area contributed by atoms with E-state index in [-0.39, 0.29) is 5.91 Å². The molecule has 2 aromatic carbocycles. The average Bonchev–Trinajstić information content (AvgIpc) is 3.19. The van der Waals surface area contributed by atoms with Gasteiger partial charge in [0.1, 0.15) is 18.7 Å². The van der Waals surface area contributed by atoms with Gasteiger partial charge in [0.15, 0.2) is 5.16 Å². The first kappa shape index (κ1) is 18.3. The van der Waals surface area contributed by atoms with Gasteiger partial charge in [-0.1, -0.05) is 41.6 Å². The molecular weight excluding hydrogens is 372 g/mol. The van der Waals surface area contributed by atoms with E-state index < -0.39 is 0 Å². The first-order chi connectivity index (χ1) is 12.7. The number of nitrogens with zero attached hydrogens (tertiary/aromatic N) is 2. The third kappa shape index (κ3) is 5.24. The zero-order valence-corrected chi connectivity index (χ0v) is 15.4. The van der Waals surface area contributed by atoms with Gasteiger partial charge in [-0.25, -0.2) is 4.98 Å². The van der Waals surface area contributed by atoms with Crippen LogP contribution in [0.15, 0.2) is 60.0 Å². The van der Waals surface area contributed by atoms with Gasteiger partial charge in [0.2, 0.25) is 0 Å². The van der Waals surface area contributed by atoms with Crippen LogP contribution in [0.5, 0.6) is 5.75 Å². The molecule has 0 saturated carbocycles. The van der Waals surface area contributed by atoms with Gasteiger partial charge in [-0.15, -0.1) is 0 Å². The Morgan fingerprint density at radius 3 is 2.77 bits per heavy atom. The molecule has 1 heterocycles. The quantitative estimate of drug-likeness (QED) is 0.455. The predicted octanol–water partition coefficient (Wildman–Crippen LogP) is 3.56. The third-order valence-corrected chi connectivity index (χ3v) is 4.67. The Balaban J connectivity index is 1.50. The van der Waals surface area contributed by atoms with Crippen LogP contribution in [0, 0.1) is 0 Å². The number of hydrogen-bond donors (Lipinski definition) is 2. The first-order valence-electron chi connectivity index (χ1n) is 7.95. The van der Waals surface area contributed by atoms with E-state index in [4.69, 9.17) is 16.3 Å². The maximum absolute atomic E-state index is 12.5. The minimum atomic E-state index is -0.126. The lowest BCUT2D eigenvalue weighted by molar-refractivity contribution is 0.0946. The monoisotopic (exact) mass is 388 g/mol. The summed E-state index contributed by atoms with van der Waals surface area (Å²) in [5.41, 5.74) is 1.58. The van der Waals surface area contributed by atoms with Crippen LogP contribution >= 0.6 is 23.4 Å². The number of carbonyl (C=O) groups excluding carboxylic acids is 1. The van der Waals surface area contributed by atoms with Gasteiger partial charge in [-0.3, -0.25) is 9.89 Å². The summed E-state index contributed by atoms with van der Waals surface area (Å²) in [7, 11) is 0. The molecule has 2 N–H and O–H groups in total. The molecule has 0 aliphatic rings. The van der Waals surface area contributed by atoms with Crippen LogP contribution in [0.2, 0.25) is 5.02 Å². The molecule has 1 amide bonds. The fourth-order valence-electron chi connectivity index (χ4n) is 2.24. The van der Waals surface area contributed by atoms with Crippen LogP contribution in [0.3, 0.4) is 0 Å². The third-order valence-electron chi connectivity index (χ3n) is 3.49. The molecule has 8 heteroatoms. The fourth-order valence-corrected chi connectivity index (χ4v) is 3.15. The van der Waals surface area contributed by atoms with Gasteiger partial charge < -0.3 is 10.1 Å². The molecule has 6 nitrogen and oxygen atoms in total. The van der Waals surface area contributed by atoms with Crippen LogP contribution in [0.25, 0.3) is 0 Å². The molecule has 1 aromatic heterocycles. The highest BCUT2D eigenvalue weighted by atomic mass is 35.5. The number of ether oxygens (including phenoxy) is 1. The molecule has 0 aliphatic heterocycles. The van der Waals surface area contributed by atoms with E-state index in [1.807, 2.05) is 24.3 Å². The lowest BCUT2D eigenvalue weighted by Gasteiger charge is -2.10. The summed E-state index contributed by atoms with van der Waals surface area (Å²) in [6.45, 7) is 0.785. The Morgan fingerprint density at radius 2 is 2.00 bits per heavy atom. The molecule has 0 saturated heterocycles. The summed E-state index contributed by atoms with van der Waals surface area (Å²) in [6.07, 6.45) is 1.46. The molecule has 0 atom stereocenters. The second kappa shape index (κ2) is 9.26. The van der Waals surface area contributed by atoms with Crippen molar-refractivity contribution in [2.45, 2.75) is 10.9 Å². The Morgan fingerprint density at radius 1 is 1.19 bits per heavy atom. The molecule has 3 aromatic rings. The average molecular weight is 389 g/mol. The predicted molar refractivity (Wildman–Crippen MR) is 102 cm³/mol. The molecule has 0 aliphatic carbocycles. The van der Waals surface area contributed by atoms with E-state index in [1.165, 1.54) is 18.1 Å². The van der Waals surface area contributed by atoms with Crippen LogP contribution in [-0.4, -0.2) is 34.2 Å². The number of aromatic amines is 1. The van der Waals surface area contributed by atoms with Gasteiger partial charge in [-0.05, 0) is 35.9 Å². The number of rotatable bonds is 8. The second-order valence-corrected chi connectivity index (χ2v) is 6.70. The van der Waals surface area contributed by atoms with E-state index in [9.17, 15) is 4.79 Å². The van der Waals surface area contributed by atoms with E-state index in [2.05, 4.69) is 20.5 Å². The number of halogens is 1. The number of amides is 1. The van der Waals surface area contributed by atoms with Gasteiger partial charge in [0.05, 0.1) is 6.54 Å². The largest absolute Gasteiger partial charge is 0.492 e. The molecule has 3 rings (SSSR count). The van der Waals surface area contributed by atoms with Crippen LogP contribution in [-0.2, 0) is 5.75 Å². The van der Waals surface area contributed by atoms with E-state index in [0.29, 0.717) is 35.2 Å². The van der Waals surface area contributed by atoms with E-state index in [0.717, 1.165) is 10.7 Å². The highest BCUT2D eigenvalue weighted by molar-refractivity contribution is 7.98. The van der Waals surface area contributed by atoms with Crippen molar-refractivity contribution in [1.82, 2.24) is 20.5 Å². The molecule has 0 spiro atoms. The highest BCUT2D eigenvalue weighted by Crippen LogP contribution is 2.21. The number of thioether (sulfide) groups is 1. The van der Waals surface area contributed by atoms with E-state index in [1.54, 1.807) is 24.3 Å². The second-order valence-electron chi connectivity index (χ2n) is 5.29. The molecule has 0 bridgehead atoms. The van der Waals surface area contributed by atoms with Crippen molar-refractivity contribution in [2.24, 2.45) is 0 Å². The Labute approximate surface area is 160 Å². The van der Waals surface area contributed by atoms with Crippen LogP contribution < -0.4 is 10.1 Å². The van der Waals surface area contributed by atoms with Gasteiger partial charge >= 0.3 is 0 Å². The van der Waals surface area contributed by atoms with Crippen molar-refractivity contribution >= 4 is 29.3 Å². The van der Waals surface area contributed by atoms with Crippen molar-refractivity contribution in [3.8, 4) is 5.75 Å². The summed E-state index contributed by atoms with van der Waals surface area (Å²) in [4.78, 5) is 16.5. The fraction of sp³-hybridized carbons (Fsp3) is 0.167.